The van der Waals surface area contributed by atoms with Crippen molar-refractivity contribution in [2.24, 2.45) is 0 Å². The van der Waals surface area contributed by atoms with Crippen LogP contribution in [0.2, 0.25) is 0 Å². The Morgan fingerprint density at radius 2 is 1.75 bits per heavy atom. The van der Waals surface area contributed by atoms with Crippen molar-refractivity contribution in [3.05, 3.63) is 28.4 Å². The maximum absolute atomic E-state index is 12.1. The largest absolute Gasteiger partial charge is 0.486 e. The molecule has 0 amide bonds. The van der Waals surface area contributed by atoms with Crippen LogP contribution >= 0.6 is 0 Å². The molecule has 0 radical (unpaired) electrons. The monoisotopic (exact) mass is 273 g/mol. The zero-order valence-electron chi connectivity index (χ0n) is 11.1. The molecule has 0 N–H and O–H groups in total. The third-order valence-electron chi connectivity index (χ3n) is 4.01. The summed E-state index contributed by atoms with van der Waals surface area (Å²) in [4.78, 5) is 16.7. The predicted molar refractivity (Wildman–Crippen MR) is 72.5 cm³/mol. The van der Waals surface area contributed by atoms with Crippen LogP contribution in [0.3, 0.4) is 0 Å². The van der Waals surface area contributed by atoms with Crippen LogP contribution in [0.15, 0.2) is 21.3 Å². The van der Waals surface area contributed by atoms with E-state index in [-0.39, 0.29) is 11.5 Å². The third-order valence-corrected chi connectivity index (χ3v) is 4.01. The highest BCUT2D eigenvalue weighted by atomic mass is 16.6. The first-order valence-electron chi connectivity index (χ1n) is 7.06. The minimum atomic E-state index is -0.339. The fourth-order valence-corrected chi connectivity index (χ4v) is 2.97. The number of fused-ring (bicyclic) bond motifs is 2. The average molecular weight is 273 g/mol. The lowest BCUT2D eigenvalue weighted by Crippen LogP contribution is -2.16. The minimum absolute atomic E-state index is 0.278. The molecule has 2 aromatic rings. The second-order valence-corrected chi connectivity index (χ2v) is 5.33. The summed E-state index contributed by atoms with van der Waals surface area (Å²) < 4.78 is 16.4. The highest BCUT2D eigenvalue weighted by Crippen LogP contribution is 2.35. The molecule has 0 spiro atoms. The van der Waals surface area contributed by atoms with Crippen LogP contribution in [0.1, 0.15) is 37.5 Å². The topological polar surface area (TPSA) is 61.6 Å². The van der Waals surface area contributed by atoms with Gasteiger partial charge in [0.15, 0.2) is 11.5 Å². The van der Waals surface area contributed by atoms with Gasteiger partial charge in [0.05, 0.1) is 10.9 Å². The lowest BCUT2D eigenvalue weighted by atomic mass is 10.1. The van der Waals surface area contributed by atoms with Crippen LogP contribution in [0, 0.1) is 0 Å². The van der Waals surface area contributed by atoms with Gasteiger partial charge in [-0.05, 0) is 12.8 Å². The van der Waals surface area contributed by atoms with Crippen LogP contribution in [0.5, 0.6) is 11.5 Å². The molecule has 0 unspecified atom stereocenters. The van der Waals surface area contributed by atoms with Crippen LogP contribution in [0.25, 0.3) is 10.9 Å². The van der Waals surface area contributed by atoms with Gasteiger partial charge in [-0.3, -0.25) is 0 Å². The molecule has 1 fully saturated rings. The zero-order chi connectivity index (χ0) is 13.5. The van der Waals surface area contributed by atoms with Crippen molar-refractivity contribution in [1.29, 1.82) is 0 Å². The first-order chi connectivity index (χ1) is 9.81. The van der Waals surface area contributed by atoms with Crippen LogP contribution in [-0.2, 0) is 0 Å². The highest BCUT2D eigenvalue weighted by molar-refractivity contribution is 5.81. The Labute approximate surface area is 115 Å². The van der Waals surface area contributed by atoms with E-state index in [1.165, 1.54) is 12.8 Å². The molecular formula is C15H15NO4. The summed E-state index contributed by atoms with van der Waals surface area (Å²) in [6.07, 6.45) is 4.45. The van der Waals surface area contributed by atoms with Crippen molar-refractivity contribution in [2.75, 3.05) is 13.2 Å². The molecule has 4 rings (SSSR count). The predicted octanol–water partition coefficient (Wildman–Crippen LogP) is 2.62. The van der Waals surface area contributed by atoms with E-state index >= 15 is 0 Å². The summed E-state index contributed by atoms with van der Waals surface area (Å²) in [5, 5.41) is 0.455. The zero-order valence-corrected chi connectivity index (χ0v) is 11.1. The number of ether oxygens (including phenoxy) is 2. The fraction of sp³-hybridized carbons (Fsp3) is 0.467. The van der Waals surface area contributed by atoms with E-state index in [2.05, 4.69) is 4.98 Å². The standard InChI is InChI=1S/C15H15NO4/c17-15-10-7-12-13(19-6-5-18-12)8-11(10)16-14(20-15)9-3-1-2-4-9/h7-9H,1-6H2. The van der Waals surface area contributed by atoms with Gasteiger partial charge >= 0.3 is 5.63 Å². The summed E-state index contributed by atoms with van der Waals surface area (Å²) in [7, 11) is 0. The molecule has 20 heavy (non-hydrogen) atoms. The summed E-state index contributed by atoms with van der Waals surface area (Å²) >= 11 is 0. The molecule has 0 atom stereocenters. The smallest absolute Gasteiger partial charge is 0.346 e. The van der Waals surface area contributed by atoms with E-state index < -0.39 is 0 Å². The van der Waals surface area contributed by atoms with E-state index in [0.717, 1.165) is 12.8 Å². The maximum atomic E-state index is 12.1. The quantitative estimate of drug-likeness (QED) is 0.799. The molecule has 1 saturated carbocycles. The first-order valence-corrected chi connectivity index (χ1v) is 7.06. The molecule has 0 bridgehead atoms. The lowest BCUT2D eigenvalue weighted by Gasteiger charge is -2.18. The second kappa shape index (κ2) is 4.51. The Balaban J connectivity index is 1.88. The van der Waals surface area contributed by atoms with Crippen molar-refractivity contribution in [2.45, 2.75) is 31.6 Å². The molecule has 2 heterocycles. The number of nitrogens with zero attached hydrogens (tertiary/aromatic N) is 1. The van der Waals surface area contributed by atoms with Crippen LogP contribution in [0.4, 0.5) is 0 Å². The first kappa shape index (κ1) is 11.8. The van der Waals surface area contributed by atoms with Crippen molar-refractivity contribution in [3.63, 3.8) is 0 Å². The minimum Gasteiger partial charge on any atom is -0.486 e. The van der Waals surface area contributed by atoms with E-state index in [1.54, 1.807) is 12.1 Å². The van der Waals surface area contributed by atoms with Gasteiger partial charge in [0.2, 0.25) is 5.89 Å². The van der Waals surface area contributed by atoms with Gasteiger partial charge in [-0.15, -0.1) is 0 Å². The molecule has 1 aliphatic carbocycles. The van der Waals surface area contributed by atoms with Gasteiger partial charge in [0, 0.05) is 18.1 Å². The van der Waals surface area contributed by atoms with Gasteiger partial charge in [0.1, 0.15) is 13.2 Å². The Kier molecular flexibility index (Phi) is 2.65. The molecule has 1 aromatic carbocycles. The van der Waals surface area contributed by atoms with E-state index in [1.807, 2.05) is 0 Å². The van der Waals surface area contributed by atoms with Crippen molar-refractivity contribution < 1.29 is 13.9 Å². The third kappa shape index (κ3) is 1.85. The van der Waals surface area contributed by atoms with E-state index in [9.17, 15) is 4.79 Å². The van der Waals surface area contributed by atoms with Crippen molar-refractivity contribution >= 4 is 10.9 Å². The molecule has 104 valence electrons. The number of hydrogen-bond donors (Lipinski definition) is 0. The van der Waals surface area contributed by atoms with Gasteiger partial charge in [-0.25, -0.2) is 9.78 Å². The Morgan fingerprint density at radius 3 is 2.50 bits per heavy atom. The van der Waals surface area contributed by atoms with Crippen LogP contribution < -0.4 is 15.1 Å². The molecule has 2 aliphatic rings. The van der Waals surface area contributed by atoms with Gasteiger partial charge in [0.25, 0.3) is 0 Å². The number of aromatic nitrogens is 1. The fourth-order valence-electron chi connectivity index (χ4n) is 2.97. The van der Waals surface area contributed by atoms with E-state index in [0.29, 0.717) is 41.5 Å². The molecule has 5 heteroatoms. The molecule has 1 aromatic heterocycles. The molecule has 1 aliphatic heterocycles. The van der Waals surface area contributed by atoms with Gasteiger partial charge in [-0.2, -0.15) is 0 Å². The molecular weight excluding hydrogens is 258 g/mol. The summed E-state index contributed by atoms with van der Waals surface area (Å²) in [6.45, 7) is 1.02. The number of benzene rings is 1. The van der Waals surface area contributed by atoms with Gasteiger partial charge < -0.3 is 13.9 Å². The Morgan fingerprint density at radius 1 is 1.05 bits per heavy atom. The Bertz CT molecular complexity index is 716. The Hall–Kier alpha value is -2.04. The lowest BCUT2D eigenvalue weighted by molar-refractivity contribution is 0.172. The highest BCUT2D eigenvalue weighted by Gasteiger charge is 2.23. The summed E-state index contributed by atoms with van der Waals surface area (Å²) in [6, 6.07) is 3.44. The molecule has 5 nitrogen and oxygen atoms in total. The SMILES string of the molecule is O=c1oc(C2CCCC2)nc2cc3c(cc12)OCCO3. The van der Waals surface area contributed by atoms with Crippen LogP contribution in [-0.4, -0.2) is 18.2 Å². The molecule has 0 saturated heterocycles. The maximum Gasteiger partial charge on any atom is 0.346 e. The summed E-state index contributed by atoms with van der Waals surface area (Å²) in [5.74, 6) is 2.09. The number of rotatable bonds is 1. The van der Waals surface area contributed by atoms with Crippen molar-refractivity contribution in [3.8, 4) is 11.5 Å². The number of hydrogen-bond acceptors (Lipinski definition) is 5. The van der Waals surface area contributed by atoms with E-state index in [4.69, 9.17) is 13.9 Å². The second-order valence-electron chi connectivity index (χ2n) is 5.33. The average Bonchev–Trinajstić information content (AvgIpc) is 2.99. The van der Waals surface area contributed by atoms with Crippen molar-refractivity contribution in [1.82, 2.24) is 4.98 Å². The normalized spacial score (nSPS) is 18.6. The summed E-state index contributed by atoms with van der Waals surface area (Å²) in [5.41, 5.74) is 0.293. The van der Waals surface area contributed by atoms with Gasteiger partial charge in [-0.1, -0.05) is 12.8 Å².